The van der Waals surface area contributed by atoms with Gasteiger partial charge in [0.05, 0.1) is 6.54 Å². The van der Waals surface area contributed by atoms with E-state index in [1.807, 2.05) is 18.2 Å². The lowest BCUT2D eigenvalue weighted by Gasteiger charge is -2.14. The summed E-state index contributed by atoms with van der Waals surface area (Å²) in [5.74, 6) is 0.184. The van der Waals surface area contributed by atoms with E-state index in [4.69, 9.17) is 5.73 Å². The number of anilines is 1. The number of hydrogen-bond donors (Lipinski definition) is 1. The van der Waals surface area contributed by atoms with Crippen LogP contribution in [0.1, 0.15) is 12.8 Å². The average molecular weight is 245 g/mol. The number of carbonyl (C=O) groups is 1. The Kier molecular flexibility index (Phi) is 2.71. The molecular weight excluding hydrogens is 230 g/mol. The summed E-state index contributed by atoms with van der Waals surface area (Å²) in [6.45, 7) is 1.91. The van der Waals surface area contributed by atoms with Crippen LogP contribution in [0.5, 0.6) is 0 Å². The van der Waals surface area contributed by atoms with Crippen LogP contribution in [0.4, 0.5) is 5.69 Å². The van der Waals surface area contributed by atoms with Gasteiger partial charge in [-0.1, -0.05) is 0 Å². The summed E-state index contributed by atoms with van der Waals surface area (Å²) in [5.41, 5.74) is 8.02. The molecule has 1 amide bonds. The number of fused-ring (bicyclic) bond motifs is 1. The highest BCUT2D eigenvalue weighted by molar-refractivity contribution is 5.96. The highest BCUT2D eigenvalue weighted by Gasteiger charge is 2.22. The number of benzene rings is 1. The Bertz CT molecular complexity index is 591. The molecule has 1 aliphatic heterocycles. The second kappa shape index (κ2) is 4.38. The maximum absolute atomic E-state index is 11.7. The summed E-state index contributed by atoms with van der Waals surface area (Å²) in [6.07, 6.45) is 1.56. The van der Waals surface area contributed by atoms with Gasteiger partial charge in [-0.15, -0.1) is 0 Å². The lowest BCUT2D eigenvalue weighted by Crippen LogP contribution is -2.23. The van der Waals surface area contributed by atoms with E-state index in [9.17, 15) is 4.79 Å². The molecule has 0 aliphatic carbocycles. The molecule has 0 atom stereocenters. The molecule has 1 saturated heterocycles. The number of nitrogens with zero attached hydrogens (tertiary/aromatic N) is 4. The highest BCUT2D eigenvalue weighted by atomic mass is 16.2. The first-order valence-electron chi connectivity index (χ1n) is 6.13. The van der Waals surface area contributed by atoms with Crippen LogP contribution in [-0.2, 0) is 11.3 Å². The molecule has 3 rings (SSSR count). The van der Waals surface area contributed by atoms with Gasteiger partial charge in [-0.25, -0.2) is 0 Å². The molecule has 1 aromatic carbocycles. The molecule has 0 spiro atoms. The van der Waals surface area contributed by atoms with Gasteiger partial charge in [0.2, 0.25) is 5.91 Å². The Morgan fingerprint density at radius 1 is 1.28 bits per heavy atom. The second-order valence-electron chi connectivity index (χ2n) is 4.41. The van der Waals surface area contributed by atoms with Gasteiger partial charge in [-0.3, -0.25) is 4.79 Å². The number of hydrogen-bond acceptors (Lipinski definition) is 4. The summed E-state index contributed by atoms with van der Waals surface area (Å²) < 4.78 is 0. The standard InChI is InChI=1S/C12H15N5O/c13-5-7-17-14-10-4-3-9(8-11(10)15-17)16-6-1-2-12(16)18/h3-4,8H,1-2,5-7,13H2. The maximum atomic E-state index is 11.7. The molecule has 94 valence electrons. The molecule has 1 aromatic heterocycles. The highest BCUT2D eigenvalue weighted by Crippen LogP contribution is 2.24. The van der Waals surface area contributed by atoms with E-state index in [1.54, 1.807) is 9.70 Å². The minimum atomic E-state index is 0.184. The van der Waals surface area contributed by atoms with Crippen molar-refractivity contribution in [1.82, 2.24) is 15.0 Å². The monoisotopic (exact) mass is 245 g/mol. The van der Waals surface area contributed by atoms with Crippen molar-refractivity contribution in [2.75, 3.05) is 18.0 Å². The molecule has 18 heavy (non-hydrogen) atoms. The van der Waals surface area contributed by atoms with Crippen LogP contribution >= 0.6 is 0 Å². The van der Waals surface area contributed by atoms with Crippen LogP contribution in [0.2, 0.25) is 0 Å². The van der Waals surface area contributed by atoms with Gasteiger partial charge in [-0.2, -0.15) is 15.0 Å². The Morgan fingerprint density at radius 3 is 2.83 bits per heavy atom. The smallest absolute Gasteiger partial charge is 0.227 e. The molecule has 2 N–H and O–H groups in total. The van der Waals surface area contributed by atoms with Crippen molar-refractivity contribution in [3.63, 3.8) is 0 Å². The Balaban J connectivity index is 1.97. The molecule has 1 fully saturated rings. The molecular formula is C12H15N5O. The summed E-state index contributed by atoms with van der Waals surface area (Å²) in [4.78, 5) is 15.1. The van der Waals surface area contributed by atoms with Gasteiger partial charge in [0.15, 0.2) is 0 Å². The lowest BCUT2D eigenvalue weighted by molar-refractivity contribution is -0.117. The SMILES string of the molecule is NCCn1nc2ccc(N3CCCC3=O)cc2n1. The molecule has 0 unspecified atom stereocenters. The van der Waals surface area contributed by atoms with Crippen LogP contribution in [0.25, 0.3) is 11.0 Å². The zero-order valence-electron chi connectivity index (χ0n) is 10.0. The number of amides is 1. The lowest BCUT2D eigenvalue weighted by atomic mass is 10.2. The van der Waals surface area contributed by atoms with E-state index in [2.05, 4.69) is 10.2 Å². The zero-order valence-corrected chi connectivity index (χ0v) is 10.0. The van der Waals surface area contributed by atoms with E-state index in [-0.39, 0.29) is 5.91 Å². The van der Waals surface area contributed by atoms with Crippen molar-refractivity contribution in [2.24, 2.45) is 5.73 Å². The predicted molar refractivity (Wildman–Crippen MR) is 68.2 cm³/mol. The number of rotatable bonds is 3. The normalized spacial score (nSPS) is 15.8. The molecule has 2 aromatic rings. The molecule has 6 heteroatoms. The zero-order chi connectivity index (χ0) is 12.5. The van der Waals surface area contributed by atoms with Crippen LogP contribution < -0.4 is 10.6 Å². The largest absolute Gasteiger partial charge is 0.329 e. The van der Waals surface area contributed by atoms with Crippen molar-refractivity contribution in [1.29, 1.82) is 0 Å². The van der Waals surface area contributed by atoms with Crippen LogP contribution in [0.15, 0.2) is 18.2 Å². The fourth-order valence-electron chi connectivity index (χ4n) is 2.25. The molecule has 0 bridgehead atoms. The van der Waals surface area contributed by atoms with Crippen molar-refractivity contribution in [3.8, 4) is 0 Å². The second-order valence-corrected chi connectivity index (χ2v) is 4.41. The minimum absolute atomic E-state index is 0.184. The predicted octanol–water partition coefficient (Wildman–Crippen LogP) is 0.517. The first kappa shape index (κ1) is 11.2. The van der Waals surface area contributed by atoms with E-state index < -0.39 is 0 Å². The van der Waals surface area contributed by atoms with Crippen LogP contribution in [-0.4, -0.2) is 34.0 Å². The fraction of sp³-hybridized carbons (Fsp3) is 0.417. The van der Waals surface area contributed by atoms with Gasteiger partial charge in [0, 0.05) is 25.2 Å². The molecule has 0 saturated carbocycles. The third kappa shape index (κ3) is 1.84. The van der Waals surface area contributed by atoms with Gasteiger partial charge < -0.3 is 10.6 Å². The molecule has 0 radical (unpaired) electrons. The van der Waals surface area contributed by atoms with Crippen molar-refractivity contribution in [3.05, 3.63) is 18.2 Å². The quantitative estimate of drug-likeness (QED) is 0.855. The van der Waals surface area contributed by atoms with Crippen LogP contribution in [0, 0.1) is 0 Å². The first-order valence-corrected chi connectivity index (χ1v) is 6.13. The minimum Gasteiger partial charge on any atom is -0.329 e. The van der Waals surface area contributed by atoms with Crippen molar-refractivity contribution >= 4 is 22.6 Å². The molecule has 1 aliphatic rings. The van der Waals surface area contributed by atoms with Crippen molar-refractivity contribution in [2.45, 2.75) is 19.4 Å². The van der Waals surface area contributed by atoms with Gasteiger partial charge in [0.1, 0.15) is 11.0 Å². The summed E-state index contributed by atoms with van der Waals surface area (Å²) in [6, 6.07) is 5.74. The van der Waals surface area contributed by atoms with Gasteiger partial charge in [0.25, 0.3) is 0 Å². The molecule has 2 heterocycles. The Morgan fingerprint density at radius 2 is 2.11 bits per heavy atom. The van der Waals surface area contributed by atoms with Crippen LogP contribution in [0.3, 0.4) is 0 Å². The summed E-state index contributed by atoms with van der Waals surface area (Å²) in [5, 5.41) is 8.66. The Hall–Kier alpha value is -1.95. The number of carbonyl (C=O) groups excluding carboxylic acids is 1. The van der Waals surface area contributed by atoms with E-state index >= 15 is 0 Å². The van der Waals surface area contributed by atoms with Gasteiger partial charge in [-0.05, 0) is 24.6 Å². The van der Waals surface area contributed by atoms with Crippen molar-refractivity contribution < 1.29 is 4.79 Å². The van der Waals surface area contributed by atoms with E-state index in [1.165, 1.54) is 0 Å². The topological polar surface area (TPSA) is 77.0 Å². The van der Waals surface area contributed by atoms with E-state index in [0.717, 1.165) is 29.7 Å². The fourth-order valence-corrected chi connectivity index (χ4v) is 2.25. The average Bonchev–Trinajstić information content (AvgIpc) is 2.94. The number of aromatic nitrogens is 3. The third-order valence-corrected chi connectivity index (χ3v) is 3.12. The first-order chi connectivity index (χ1) is 8.78. The van der Waals surface area contributed by atoms with Gasteiger partial charge >= 0.3 is 0 Å². The summed E-state index contributed by atoms with van der Waals surface area (Å²) >= 11 is 0. The van der Waals surface area contributed by atoms with E-state index in [0.29, 0.717) is 19.5 Å². The number of nitrogens with two attached hydrogens (primary N) is 1. The maximum Gasteiger partial charge on any atom is 0.227 e. The molecule has 6 nitrogen and oxygen atoms in total. The Labute approximate surface area is 104 Å². The summed E-state index contributed by atoms with van der Waals surface area (Å²) in [7, 11) is 0. The third-order valence-electron chi connectivity index (χ3n) is 3.12.